The van der Waals surface area contributed by atoms with Crippen molar-refractivity contribution in [3.05, 3.63) is 96.1 Å². The number of aryl methyl sites for hydroxylation is 1. The lowest BCUT2D eigenvalue weighted by molar-refractivity contribution is -0.126. The van der Waals surface area contributed by atoms with Crippen molar-refractivity contribution in [2.24, 2.45) is 11.8 Å². The molecule has 0 aliphatic carbocycles. The minimum atomic E-state index is -0.812. The molecule has 3 aromatic carbocycles. The normalized spacial score (nSPS) is 24.6. The number of nitrogens with zero attached hydrogens (tertiary/aromatic N) is 2. The Morgan fingerprint density at radius 3 is 2.26 bits per heavy atom. The number of imide groups is 1. The van der Waals surface area contributed by atoms with Gasteiger partial charge < -0.3 is 10.2 Å². The molecule has 3 aliphatic heterocycles. The van der Waals surface area contributed by atoms with Crippen LogP contribution in [0.1, 0.15) is 11.1 Å². The third-order valence-electron chi connectivity index (χ3n) is 7.02. The maximum absolute atomic E-state index is 13.8. The first-order valence-corrected chi connectivity index (χ1v) is 11.4. The van der Waals surface area contributed by atoms with Crippen molar-refractivity contribution < 1.29 is 14.4 Å². The highest BCUT2D eigenvalue weighted by Crippen LogP contribution is 2.49. The SMILES string of the molecule is Cc1ccc(N2C(=O)[C@@H]3[C@H](C2=O)[C@H](C(=O)Nc2ccccc2)N2c4ccccc4C=C[C@@H]32)cc1. The molecule has 3 aromatic rings. The number of para-hydroxylation sites is 2. The van der Waals surface area contributed by atoms with Gasteiger partial charge in [0.15, 0.2) is 0 Å². The number of amides is 3. The van der Waals surface area contributed by atoms with Crippen molar-refractivity contribution in [2.45, 2.75) is 19.0 Å². The number of hydrogen-bond acceptors (Lipinski definition) is 4. The minimum Gasteiger partial charge on any atom is -0.351 e. The molecule has 6 rings (SSSR count). The Bertz CT molecular complexity index is 1330. The summed E-state index contributed by atoms with van der Waals surface area (Å²) in [4.78, 5) is 44.4. The van der Waals surface area contributed by atoms with Crippen molar-refractivity contribution in [1.82, 2.24) is 0 Å². The van der Waals surface area contributed by atoms with E-state index in [-0.39, 0.29) is 23.8 Å². The highest BCUT2D eigenvalue weighted by molar-refractivity contribution is 6.25. The molecule has 1 N–H and O–H groups in total. The molecule has 168 valence electrons. The Hall–Kier alpha value is -4.19. The van der Waals surface area contributed by atoms with Crippen LogP contribution in [0.15, 0.2) is 84.9 Å². The van der Waals surface area contributed by atoms with Crippen molar-refractivity contribution in [2.75, 3.05) is 15.1 Å². The van der Waals surface area contributed by atoms with E-state index in [9.17, 15) is 14.4 Å². The van der Waals surface area contributed by atoms with Gasteiger partial charge in [0.25, 0.3) is 0 Å². The zero-order chi connectivity index (χ0) is 23.4. The van der Waals surface area contributed by atoms with E-state index < -0.39 is 17.9 Å². The van der Waals surface area contributed by atoms with Crippen LogP contribution in [0, 0.1) is 18.8 Å². The molecule has 4 atom stereocenters. The second-order valence-corrected chi connectivity index (χ2v) is 9.01. The molecule has 0 bridgehead atoms. The summed E-state index contributed by atoms with van der Waals surface area (Å²) in [6.07, 6.45) is 3.94. The third-order valence-corrected chi connectivity index (χ3v) is 7.02. The van der Waals surface area contributed by atoms with Crippen LogP contribution >= 0.6 is 0 Å². The Morgan fingerprint density at radius 2 is 1.50 bits per heavy atom. The number of fused-ring (bicyclic) bond motifs is 5. The van der Waals surface area contributed by atoms with Crippen LogP contribution in [0.3, 0.4) is 0 Å². The van der Waals surface area contributed by atoms with Gasteiger partial charge in [0.05, 0.1) is 23.6 Å². The fourth-order valence-corrected chi connectivity index (χ4v) is 5.50. The number of benzene rings is 3. The van der Waals surface area contributed by atoms with Gasteiger partial charge in [0.2, 0.25) is 17.7 Å². The fraction of sp³-hybridized carbons (Fsp3) is 0.179. The van der Waals surface area contributed by atoms with E-state index in [2.05, 4.69) is 5.32 Å². The summed E-state index contributed by atoms with van der Waals surface area (Å²) in [6.45, 7) is 1.96. The average molecular weight is 450 g/mol. The Kier molecular flexibility index (Phi) is 4.62. The molecular formula is C28H23N3O3. The van der Waals surface area contributed by atoms with Crippen LogP contribution in [0.4, 0.5) is 17.1 Å². The van der Waals surface area contributed by atoms with E-state index in [0.717, 1.165) is 16.8 Å². The van der Waals surface area contributed by atoms with Gasteiger partial charge in [0.1, 0.15) is 6.04 Å². The van der Waals surface area contributed by atoms with E-state index in [4.69, 9.17) is 0 Å². The summed E-state index contributed by atoms with van der Waals surface area (Å²) in [5.41, 5.74) is 4.07. The second kappa shape index (κ2) is 7.70. The van der Waals surface area contributed by atoms with E-state index in [0.29, 0.717) is 11.4 Å². The summed E-state index contributed by atoms with van der Waals surface area (Å²) < 4.78 is 0. The molecule has 0 aromatic heterocycles. The Morgan fingerprint density at radius 1 is 0.824 bits per heavy atom. The zero-order valence-corrected chi connectivity index (χ0v) is 18.6. The van der Waals surface area contributed by atoms with Gasteiger partial charge in [-0.1, -0.05) is 66.2 Å². The molecule has 6 nitrogen and oxygen atoms in total. The van der Waals surface area contributed by atoms with Crippen molar-refractivity contribution >= 4 is 40.9 Å². The van der Waals surface area contributed by atoms with Crippen molar-refractivity contribution in [1.29, 1.82) is 0 Å². The molecule has 2 fully saturated rings. The van der Waals surface area contributed by atoms with Gasteiger partial charge in [-0.05, 0) is 42.8 Å². The van der Waals surface area contributed by atoms with E-state index in [1.54, 1.807) is 12.1 Å². The van der Waals surface area contributed by atoms with E-state index >= 15 is 0 Å². The number of hydrogen-bond donors (Lipinski definition) is 1. The third kappa shape index (κ3) is 2.99. The van der Waals surface area contributed by atoms with Gasteiger partial charge in [-0.2, -0.15) is 0 Å². The first-order valence-electron chi connectivity index (χ1n) is 11.4. The number of nitrogens with one attached hydrogen (secondary N) is 1. The lowest BCUT2D eigenvalue weighted by atomic mass is 9.88. The van der Waals surface area contributed by atoms with Crippen LogP contribution in [-0.4, -0.2) is 29.8 Å². The molecule has 34 heavy (non-hydrogen) atoms. The lowest BCUT2D eigenvalue weighted by Crippen LogP contribution is -2.50. The summed E-state index contributed by atoms with van der Waals surface area (Å²) in [5.74, 6) is -2.29. The van der Waals surface area contributed by atoms with Crippen LogP contribution < -0.4 is 15.1 Å². The summed E-state index contributed by atoms with van der Waals surface area (Å²) in [7, 11) is 0. The molecule has 3 amide bonds. The van der Waals surface area contributed by atoms with Gasteiger partial charge >= 0.3 is 0 Å². The second-order valence-electron chi connectivity index (χ2n) is 9.01. The fourth-order valence-electron chi connectivity index (χ4n) is 5.50. The number of rotatable bonds is 3. The Labute approximate surface area is 197 Å². The van der Waals surface area contributed by atoms with E-state index in [1.165, 1.54) is 4.90 Å². The van der Waals surface area contributed by atoms with Gasteiger partial charge in [-0.3, -0.25) is 14.4 Å². The molecule has 0 spiro atoms. The maximum atomic E-state index is 13.8. The predicted molar refractivity (Wildman–Crippen MR) is 131 cm³/mol. The first kappa shape index (κ1) is 20.4. The van der Waals surface area contributed by atoms with Crippen LogP contribution in [0.5, 0.6) is 0 Å². The number of carbonyl (C=O) groups is 3. The summed E-state index contributed by atoms with van der Waals surface area (Å²) in [6, 6.07) is 23.1. The van der Waals surface area contributed by atoms with Gasteiger partial charge in [-0.25, -0.2) is 4.90 Å². The first-order chi connectivity index (χ1) is 16.5. The Balaban J connectivity index is 1.44. The minimum absolute atomic E-state index is 0.257. The highest BCUT2D eigenvalue weighted by atomic mass is 16.2. The lowest BCUT2D eigenvalue weighted by Gasteiger charge is -2.36. The molecule has 0 radical (unpaired) electrons. The van der Waals surface area contributed by atoms with E-state index in [1.807, 2.05) is 90.7 Å². The molecule has 2 saturated heterocycles. The largest absolute Gasteiger partial charge is 0.351 e. The van der Waals surface area contributed by atoms with Crippen LogP contribution in [-0.2, 0) is 14.4 Å². The zero-order valence-electron chi connectivity index (χ0n) is 18.6. The van der Waals surface area contributed by atoms with Gasteiger partial charge in [0, 0.05) is 11.4 Å². The molecule has 0 saturated carbocycles. The highest BCUT2D eigenvalue weighted by Gasteiger charge is 2.64. The van der Waals surface area contributed by atoms with Crippen LogP contribution in [0.2, 0.25) is 0 Å². The number of anilines is 3. The predicted octanol–water partition coefficient (Wildman–Crippen LogP) is 4.02. The molecule has 3 heterocycles. The molecule has 3 aliphatic rings. The van der Waals surface area contributed by atoms with Crippen molar-refractivity contribution in [3.8, 4) is 0 Å². The van der Waals surface area contributed by atoms with Crippen molar-refractivity contribution in [3.63, 3.8) is 0 Å². The monoisotopic (exact) mass is 449 g/mol. The molecule has 0 unspecified atom stereocenters. The smallest absolute Gasteiger partial charge is 0.247 e. The standard InChI is InChI=1S/C28H23N3O3/c1-17-11-14-20(15-12-17)30-27(33)23-22-16-13-18-7-5-6-10-21(18)31(22)25(24(23)28(30)34)26(32)29-19-8-3-2-4-9-19/h2-16,22-25H,1H3,(H,29,32)/t22-,23-,24-,25+/m0/s1. The topological polar surface area (TPSA) is 69.7 Å². The molecule has 6 heteroatoms. The maximum Gasteiger partial charge on any atom is 0.247 e. The summed E-state index contributed by atoms with van der Waals surface area (Å²) >= 11 is 0. The number of carbonyl (C=O) groups excluding carboxylic acids is 3. The summed E-state index contributed by atoms with van der Waals surface area (Å²) in [5, 5.41) is 2.97. The average Bonchev–Trinajstić information content (AvgIpc) is 3.33. The van der Waals surface area contributed by atoms with Crippen LogP contribution in [0.25, 0.3) is 6.08 Å². The van der Waals surface area contributed by atoms with Gasteiger partial charge in [-0.15, -0.1) is 0 Å². The molecular weight excluding hydrogens is 426 g/mol. The quantitative estimate of drug-likeness (QED) is 0.613.